The van der Waals surface area contributed by atoms with Crippen molar-refractivity contribution in [3.05, 3.63) is 34.1 Å². The van der Waals surface area contributed by atoms with Gasteiger partial charge in [-0.3, -0.25) is 4.90 Å². The highest BCUT2D eigenvalue weighted by molar-refractivity contribution is 9.10. The average molecular weight is 365 g/mol. The highest BCUT2D eigenvalue weighted by Gasteiger charge is 2.19. The van der Waals surface area contributed by atoms with Crippen molar-refractivity contribution in [2.45, 2.75) is 19.4 Å². The number of benzene rings is 1. The zero-order valence-corrected chi connectivity index (χ0v) is 12.8. The van der Waals surface area contributed by atoms with Crippen molar-refractivity contribution >= 4 is 31.9 Å². The molecule has 1 aliphatic heterocycles. The van der Waals surface area contributed by atoms with Crippen LogP contribution in [0.3, 0.4) is 0 Å². The summed E-state index contributed by atoms with van der Waals surface area (Å²) >= 11 is 6.99. The molecule has 1 aromatic rings. The molecule has 0 amide bonds. The Morgan fingerprint density at radius 3 is 2.94 bits per heavy atom. The standard InChI is InChI=1S/C13H16Br2FN/c14-7-10-2-1-5-17(8-10)9-11-3-4-12(16)6-13(11)15/h3-4,6,10H,1-2,5,7-9H2. The van der Waals surface area contributed by atoms with Gasteiger partial charge in [-0.25, -0.2) is 4.39 Å². The van der Waals surface area contributed by atoms with Crippen molar-refractivity contribution in [3.63, 3.8) is 0 Å². The molecule has 2 rings (SSSR count). The van der Waals surface area contributed by atoms with Crippen LogP contribution in [0.1, 0.15) is 18.4 Å². The maximum Gasteiger partial charge on any atom is 0.124 e. The molecule has 94 valence electrons. The van der Waals surface area contributed by atoms with Crippen molar-refractivity contribution in [1.29, 1.82) is 0 Å². The molecule has 17 heavy (non-hydrogen) atoms. The van der Waals surface area contributed by atoms with Gasteiger partial charge in [-0.2, -0.15) is 0 Å². The van der Waals surface area contributed by atoms with Gasteiger partial charge in [-0.15, -0.1) is 0 Å². The Bertz CT molecular complexity index is 384. The Balaban J connectivity index is 2.00. The molecule has 1 nitrogen and oxygen atoms in total. The summed E-state index contributed by atoms with van der Waals surface area (Å²) in [5, 5.41) is 1.08. The second-order valence-corrected chi connectivity index (χ2v) is 6.14. The molecule has 1 atom stereocenters. The van der Waals surface area contributed by atoms with Crippen LogP contribution in [0.2, 0.25) is 0 Å². The second-order valence-electron chi connectivity index (χ2n) is 4.63. The minimum absolute atomic E-state index is 0.183. The number of piperidine rings is 1. The predicted molar refractivity (Wildman–Crippen MR) is 75.9 cm³/mol. The number of nitrogens with zero attached hydrogens (tertiary/aromatic N) is 1. The van der Waals surface area contributed by atoms with Gasteiger partial charge >= 0.3 is 0 Å². The van der Waals surface area contributed by atoms with Gasteiger partial charge in [0.1, 0.15) is 5.82 Å². The molecule has 1 fully saturated rings. The number of hydrogen-bond acceptors (Lipinski definition) is 1. The first-order chi connectivity index (χ1) is 8.19. The largest absolute Gasteiger partial charge is 0.299 e. The molecule has 1 aliphatic rings. The summed E-state index contributed by atoms with van der Waals surface area (Å²) in [4.78, 5) is 2.45. The molecule has 1 aromatic carbocycles. The summed E-state index contributed by atoms with van der Waals surface area (Å²) in [5.41, 5.74) is 1.17. The summed E-state index contributed by atoms with van der Waals surface area (Å²) < 4.78 is 13.9. The number of rotatable bonds is 3. The van der Waals surface area contributed by atoms with Crippen LogP contribution < -0.4 is 0 Å². The third-order valence-electron chi connectivity index (χ3n) is 3.23. The third kappa shape index (κ3) is 3.76. The smallest absolute Gasteiger partial charge is 0.124 e. The van der Waals surface area contributed by atoms with Crippen molar-refractivity contribution in [2.24, 2.45) is 5.92 Å². The van der Waals surface area contributed by atoms with E-state index in [-0.39, 0.29) is 5.82 Å². The highest BCUT2D eigenvalue weighted by Crippen LogP contribution is 2.23. The van der Waals surface area contributed by atoms with Gasteiger partial charge < -0.3 is 0 Å². The lowest BCUT2D eigenvalue weighted by atomic mass is 10.00. The Morgan fingerprint density at radius 2 is 2.24 bits per heavy atom. The van der Waals surface area contributed by atoms with Crippen LogP contribution in [-0.4, -0.2) is 23.3 Å². The van der Waals surface area contributed by atoms with Crippen LogP contribution in [0, 0.1) is 11.7 Å². The number of alkyl halides is 1. The SMILES string of the molecule is Fc1ccc(CN2CCCC(CBr)C2)c(Br)c1. The van der Waals surface area contributed by atoms with Gasteiger partial charge in [0, 0.05) is 22.9 Å². The molecule has 0 aromatic heterocycles. The van der Waals surface area contributed by atoms with E-state index in [0.717, 1.165) is 35.4 Å². The van der Waals surface area contributed by atoms with Crippen molar-refractivity contribution in [1.82, 2.24) is 4.90 Å². The van der Waals surface area contributed by atoms with Gasteiger partial charge in [0.25, 0.3) is 0 Å². The first-order valence-electron chi connectivity index (χ1n) is 5.91. The quantitative estimate of drug-likeness (QED) is 0.726. The van der Waals surface area contributed by atoms with E-state index in [4.69, 9.17) is 0 Å². The molecule has 0 N–H and O–H groups in total. The van der Waals surface area contributed by atoms with E-state index in [1.807, 2.05) is 6.07 Å². The number of likely N-dealkylation sites (tertiary alicyclic amines) is 1. The van der Waals surface area contributed by atoms with E-state index in [1.165, 1.54) is 24.5 Å². The molecular formula is C13H16Br2FN. The molecule has 0 saturated carbocycles. The van der Waals surface area contributed by atoms with Crippen LogP contribution in [0.5, 0.6) is 0 Å². The fourth-order valence-corrected chi connectivity index (χ4v) is 3.32. The van der Waals surface area contributed by atoms with Crippen LogP contribution in [0.15, 0.2) is 22.7 Å². The fourth-order valence-electron chi connectivity index (χ4n) is 2.31. The highest BCUT2D eigenvalue weighted by atomic mass is 79.9. The fraction of sp³-hybridized carbons (Fsp3) is 0.538. The normalized spacial score (nSPS) is 21.7. The minimum Gasteiger partial charge on any atom is -0.299 e. The first-order valence-corrected chi connectivity index (χ1v) is 7.82. The number of halogens is 3. The lowest BCUT2D eigenvalue weighted by Crippen LogP contribution is -2.35. The maximum atomic E-state index is 13.0. The molecule has 0 radical (unpaired) electrons. The van der Waals surface area contributed by atoms with Gasteiger partial charge in [0.15, 0.2) is 0 Å². The topological polar surface area (TPSA) is 3.24 Å². The lowest BCUT2D eigenvalue weighted by Gasteiger charge is -2.32. The van der Waals surface area contributed by atoms with Crippen LogP contribution in [-0.2, 0) is 6.54 Å². The van der Waals surface area contributed by atoms with Crippen LogP contribution >= 0.6 is 31.9 Å². The Labute approximate surface area is 119 Å². The minimum atomic E-state index is -0.183. The van der Waals surface area contributed by atoms with E-state index < -0.39 is 0 Å². The zero-order chi connectivity index (χ0) is 12.3. The Kier molecular flexibility index (Phi) is 5.00. The van der Waals surface area contributed by atoms with Crippen LogP contribution in [0.25, 0.3) is 0 Å². The molecule has 1 unspecified atom stereocenters. The second kappa shape index (κ2) is 6.30. The summed E-state index contributed by atoms with van der Waals surface area (Å²) in [6, 6.07) is 4.95. The van der Waals surface area contributed by atoms with E-state index in [2.05, 4.69) is 36.8 Å². The molecular weight excluding hydrogens is 349 g/mol. The zero-order valence-electron chi connectivity index (χ0n) is 9.63. The average Bonchev–Trinajstić information content (AvgIpc) is 2.33. The van der Waals surface area contributed by atoms with Crippen molar-refractivity contribution in [2.75, 3.05) is 18.4 Å². The predicted octanol–water partition coefficient (Wildman–Crippen LogP) is 4.20. The van der Waals surface area contributed by atoms with Gasteiger partial charge in [-0.05, 0) is 43.0 Å². The molecule has 0 aliphatic carbocycles. The van der Waals surface area contributed by atoms with Gasteiger partial charge in [-0.1, -0.05) is 37.9 Å². The lowest BCUT2D eigenvalue weighted by molar-refractivity contribution is 0.179. The monoisotopic (exact) mass is 363 g/mol. The molecule has 4 heteroatoms. The van der Waals surface area contributed by atoms with Crippen LogP contribution in [0.4, 0.5) is 4.39 Å². The Morgan fingerprint density at radius 1 is 1.41 bits per heavy atom. The van der Waals surface area contributed by atoms with E-state index >= 15 is 0 Å². The summed E-state index contributed by atoms with van der Waals surface area (Å²) in [7, 11) is 0. The first kappa shape index (κ1) is 13.5. The summed E-state index contributed by atoms with van der Waals surface area (Å²) in [5.74, 6) is 0.570. The van der Waals surface area contributed by atoms with E-state index in [0.29, 0.717) is 0 Å². The van der Waals surface area contributed by atoms with E-state index in [1.54, 1.807) is 6.07 Å². The van der Waals surface area contributed by atoms with Crippen molar-refractivity contribution < 1.29 is 4.39 Å². The van der Waals surface area contributed by atoms with Gasteiger partial charge in [0.2, 0.25) is 0 Å². The Hall–Kier alpha value is 0.0700. The third-order valence-corrected chi connectivity index (χ3v) is 4.88. The summed E-state index contributed by atoms with van der Waals surface area (Å²) in [6.45, 7) is 3.19. The molecule has 1 heterocycles. The number of hydrogen-bond donors (Lipinski definition) is 0. The molecule has 1 saturated heterocycles. The van der Waals surface area contributed by atoms with Crippen molar-refractivity contribution in [3.8, 4) is 0 Å². The maximum absolute atomic E-state index is 13.0. The molecule has 0 bridgehead atoms. The van der Waals surface area contributed by atoms with Gasteiger partial charge in [0.05, 0.1) is 0 Å². The molecule has 0 spiro atoms. The van der Waals surface area contributed by atoms with E-state index in [9.17, 15) is 4.39 Å². The summed E-state index contributed by atoms with van der Waals surface area (Å²) in [6.07, 6.45) is 2.57.